The Bertz CT molecular complexity index is 344. The number of aryl methyl sites for hydroxylation is 2. The van der Waals surface area contributed by atoms with Gasteiger partial charge in [0.25, 0.3) is 5.82 Å². The zero-order valence-electron chi connectivity index (χ0n) is 15.4. The van der Waals surface area contributed by atoms with E-state index in [4.69, 9.17) is 0 Å². The van der Waals surface area contributed by atoms with Crippen LogP contribution in [0.2, 0.25) is 0 Å². The predicted octanol–water partition coefficient (Wildman–Crippen LogP) is 5.67. The maximum absolute atomic E-state index is 2.47. The second-order valence-electron chi connectivity index (χ2n) is 6.68. The first-order valence-electron chi connectivity index (χ1n) is 9.90. The monoisotopic (exact) mass is 307 g/mol. The Kier molecular flexibility index (Phi) is 11.1. The maximum Gasteiger partial charge on any atom is 0.256 e. The van der Waals surface area contributed by atoms with Gasteiger partial charge in [-0.2, -0.15) is 0 Å². The third-order valence-corrected chi connectivity index (χ3v) is 4.52. The second-order valence-corrected chi connectivity index (χ2v) is 6.68. The summed E-state index contributed by atoms with van der Waals surface area (Å²) < 4.78 is 4.95. The first-order valence-corrected chi connectivity index (χ1v) is 9.90. The van der Waals surface area contributed by atoms with Crippen molar-refractivity contribution in [1.82, 2.24) is 4.57 Å². The molecule has 0 unspecified atom stereocenters. The van der Waals surface area contributed by atoms with Gasteiger partial charge in [0.2, 0.25) is 0 Å². The Labute approximate surface area is 138 Å². The Morgan fingerprint density at radius 2 is 1.41 bits per heavy atom. The minimum Gasteiger partial charge on any atom is -0.234 e. The SMILES string of the molecule is CCCCCCCCCCCc1n(CCC)cc[n+]1CCC. The van der Waals surface area contributed by atoms with Crippen LogP contribution in [0.5, 0.6) is 0 Å². The predicted molar refractivity (Wildman–Crippen MR) is 96.1 cm³/mol. The zero-order valence-corrected chi connectivity index (χ0v) is 15.4. The Hall–Kier alpha value is -0.790. The lowest BCUT2D eigenvalue weighted by Gasteiger charge is -2.05. The molecule has 0 amide bonds. The highest BCUT2D eigenvalue weighted by Crippen LogP contribution is 2.11. The molecular formula is C20H39N2+. The third kappa shape index (κ3) is 7.47. The summed E-state index contributed by atoms with van der Waals surface area (Å²) in [6.07, 6.45) is 21.0. The first-order chi connectivity index (χ1) is 10.8. The smallest absolute Gasteiger partial charge is 0.234 e. The molecule has 0 spiro atoms. The van der Waals surface area contributed by atoms with E-state index in [1.54, 1.807) is 5.82 Å². The summed E-state index contributed by atoms with van der Waals surface area (Å²) in [6.45, 7) is 9.17. The van der Waals surface area contributed by atoms with E-state index in [1.165, 1.54) is 90.1 Å². The molecule has 128 valence electrons. The van der Waals surface area contributed by atoms with Crippen LogP contribution in [-0.2, 0) is 19.5 Å². The average Bonchev–Trinajstić information content (AvgIpc) is 2.89. The van der Waals surface area contributed by atoms with Crippen molar-refractivity contribution < 1.29 is 4.57 Å². The van der Waals surface area contributed by atoms with E-state index in [9.17, 15) is 0 Å². The highest BCUT2D eigenvalue weighted by Gasteiger charge is 2.15. The molecule has 0 aromatic carbocycles. The molecule has 0 aliphatic rings. The number of rotatable bonds is 14. The van der Waals surface area contributed by atoms with Crippen molar-refractivity contribution >= 4 is 0 Å². The van der Waals surface area contributed by atoms with Crippen LogP contribution in [0.15, 0.2) is 12.4 Å². The maximum atomic E-state index is 2.47. The number of aromatic nitrogens is 2. The average molecular weight is 308 g/mol. The van der Waals surface area contributed by atoms with Crippen LogP contribution < -0.4 is 4.57 Å². The lowest BCUT2D eigenvalue weighted by molar-refractivity contribution is -0.703. The zero-order chi connectivity index (χ0) is 16.0. The van der Waals surface area contributed by atoms with Crippen LogP contribution in [0.4, 0.5) is 0 Å². The highest BCUT2D eigenvalue weighted by molar-refractivity contribution is 4.84. The Morgan fingerprint density at radius 3 is 2.00 bits per heavy atom. The lowest BCUT2D eigenvalue weighted by atomic mass is 10.1. The normalized spacial score (nSPS) is 11.2. The summed E-state index contributed by atoms with van der Waals surface area (Å²) in [5, 5.41) is 0. The number of hydrogen-bond donors (Lipinski definition) is 0. The topological polar surface area (TPSA) is 8.81 Å². The van der Waals surface area contributed by atoms with Crippen molar-refractivity contribution in [3.8, 4) is 0 Å². The third-order valence-electron chi connectivity index (χ3n) is 4.52. The van der Waals surface area contributed by atoms with Crippen molar-refractivity contribution in [2.24, 2.45) is 0 Å². The van der Waals surface area contributed by atoms with Crippen LogP contribution in [0.25, 0.3) is 0 Å². The molecule has 2 nitrogen and oxygen atoms in total. The largest absolute Gasteiger partial charge is 0.256 e. The molecule has 0 aliphatic heterocycles. The van der Waals surface area contributed by atoms with E-state index in [2.05, 4.69) is 42.3 Å². The summed E-state index contributed by atoms with van der Waals surface area (Å²) in [7, 11) is 0. The molecule has 0 radical (unpaired) electrons. The van der Waals surface area contributed by atoms with Crippen LogP contribution in [0.1, 0.15) is 97.2 Å². The van der Waals surface area contributed by atoms with E-state index in [0.717, 1.165) is 0 Å². The molecule has 1 rings (SSSR count). The van der Waals surface area contributed by atoms with Gasteiger partial charge in [-0.3, -0.25) is 0 Å². The van der Waals surface area contributed by atoms with Crippen molar-refractivity contribution in [1.29, 1.82) is 0 Å². The molecular weight excluding hydrogens is 268 g/mol. The van der Waals surface area contributed by atoms with Crippen molar-refractivity contribution in [2.45, 2.75) is 111 Å². The van der Waals surface area contributed by atoms with Gasteiger partial charge in [0.05, 0.1) is 13.1 Å². The van der Waals surface area contributed by atoms with E-state index in [0.29, 0.717) is 0 Å². The molecule has 0 aliphatic carbocycles. The van der Waals surface area contributed by atoms with E-state index < -0.39 is 0 Å². The van der Waals surface area contributed by atoms with Crippen molar-refractivity contribution in [3.63, 3.8) is 0 Å². The fraction of sp³-hybridized carbons (Fsp3) is 0.850. The van der Waals surface area contributed by atoms with Crippen molar-refractivity contribution in [3.05, 3.63) is 18.2 Å². The van der Waals surface area contributed by atoms with Crippen LogP contribution >= 0.6 is 0 Å². The fourth-order valence-electron chi connectivity index (χ4n) is 3.27. The quantitative estimate of drug-likeness (QED) is 0.309. The molecule has 0 fully saturated rings. The van der Waals surface area contributed by atoms with Crippen LogP contribution in [0, 0.1) is 0 Å². The minimum absolute atomic E-state index is 1.17. The van der Waals surface area contributed by atoms with Gasteiger partial charge in [0, 0.05) is 6.42 Å². The van der Waals surface area contributed by atoms with E-state index in [-0.39, 0.29) is 0 Å². The van der Waals surface area contributed by atoms with Gasteiger partial charge in [0.1, 0.15) is 12.4 Å². The summed E-state index contributed by atoms with van der Waals surface area (Å²) >= 11 is 0. The number of unbranched alkanes of at least 4 members (excludes halogenated alkanes) is 8. The molecule has 1 aromatic heterocycles. The standard InChI is InChI=1S/C20H39N2/c1-4-7-8-9-10-11-12-13-14-15-20-21(16-5-2)18-19-22(20)17-6-3/h18-19H,4-17H2,1-3H3/q+1. The van der Waals surface area contributed by atoms with Gasteiger partial charge in [0.15, 0.2) is 0 Å². The Balaban J connectivity index is 2.21. The van der Waals surface area contributed by atoms with Gasteiger partial charge >= 0.3 is 0 Å². The molecule has 22 heavy (non-hydrogen) atoms. The van der Waals surface area contributed by atoms with Gasteiger partial charge in [-0.25, -0.2) is 9.13 Å². The molecule has 0 bridgehead atoms. The van der Waals surface area contributed by atoms with Crippen LogP contribution in [0.3, 0.4) is 0 Å². The van der Waals surface area contributed by atoms with E-state index >= 15 is 0 Å². The van der Waals surface area contributed by atoms with Gasteiger partial charge in [-0.15, -0.1) is 0 Å². The van der Waals surface area contributed by atoms with Crippen LogP contribution in [-0.4, -0.2) is 4.57 Å². The number of hydrogen-bond acceptors (Lipinski definition) is 0. The number of imidazole rings is 1. The first kappa shape index (κ1) is 19.3. The van der Waals surface area contributed by atoms with Gasteiger partial charge in [-0.1, -0.05) is 72.1 Å². The molecule has 1 heterocycles. The minimum atomic E-state index is 1.17. The van der Waals surface area contributed by atoms with E-state index in [1.807, 2.05) is 0 Å². The van der Waals surface area contributed by atoms with Gasteiger partial charge < -0.3 is 0 Å². The molecule has 2 heteroatoms. The number of nitrogens with zero attached hydrogens (tertiary/aromatic N) is 2. The fourth-order valence-corrected chi connectivity index (χ4v) is 3.27. The lowest BCUT2D eigenvalue weighted by Crippen LogP contribution is -2.37. The van der Waals surface area contributed by atoms with Gasteiger partial charge in [-0.05, 0) is 19.3 Å². The molecule has 1 aromatic rings. The molecule has 0 saturated carbocycles. The molecule has 0 saturated heterocycles. The highest BCUT2D eigenvalue weighted by atomic mass is 15.1. The Morgan fingerprint density at radius 1 is 0.773 bits per heavy atom. The summed E-state index contributed by atoms with van der Waals surface area (Å²) in [6, 6.07) is 0. The molecule has 0 N–H and O–H groups in total. The summed E-state index contributed by atoms with van der Waals surface area (Å²) in [5.41, 5.74) is 0. The second kappa shape index (κ2) is 12.7. The molecule has 0 atom stereocenters. The summed E-state index contributed by atoms with van der Waals surface area (Å²) in [4.78, 5) is 0. The summed E-state index contributed by atoms with van der Waals surface area (Å²) in [5.74, 6) is 1.55. The van der Waals surface area contributed by atoms with Crippen molar-refractivity contribution in [2.75, 3.05) is 0 Å².